The van der Waals surface area contributed by atoms with Crippen LogP contribution in [0.4, 0.5) is 14.5 Å². The van der Waals surface area contributed by atoms with Crippen molar-refractivity contribution in [1.29, 1.82) is 0 Å². The van der Waals surface area contributed by atoms with E-state index in [-0.39, 0.29) is 5.91 Å². The maximum absolute atomic E-state index is 12.3. The Balaban J connectivity index is 2.95. The summed E-state index contributed by atoms with van der Waals surface area (Å²) in [6, 6.07) is 5.43. The molecule has 0 radical (unpaired) electrons. The molecule has 19 heavy (non-hydrogen) atoms. The van der Waals surface area contributed by atoms with E-state index >= 15 is 0 Å². The number of carbonyl (C=O) groups is 1. The maximum Gasteiger partial charge on any atom is 0.255 e. The highest BCUT2D eigenvalue weighted by molar-refractivity contribution is 5.99. The molecule has 1 rings (SSSR count). The van der Waals surface area contributed by atoms with Crippen LogP contribution in [-0.2, 0) is 0 Å². The molecule has 0 aliphatic heterocycles. The van der Waals surface area contributed by atoms with Gasteiger partial charge in [0.05, 0.1) is 12.1 Å². The Bertz CT molecular complexity index is 435. The second-order valence-corrected chi connectivity index (χ2v) is 4.55. The second-order valence-electron chi connectivity index (χ2n) is 4.55. The number of rotatable bonds is 6. The van der Waals surface area contributed by atoms with E-state index in [0.29, 0.717) is 11.3 Å². The van der Waals surface area contributed by atoms with Crippen LogP contribution in [0.1, 0.15) is 29.3 Å². The normalized spacial score (nSPS) is 10.6. The van der Waals surface area contributed by atoms with Crippen molar-refractivity contribution in [3.05, 3.63) is 29.3 Å². The topological polar surface area (TPSA) is 32.3 Å². The third-order valence-corrected chi connectivity index (χ3v) is 2.73. The SMILES string of the molecule is CCCNc1ccc(C)cc1C(=O)N(C)CC(F)F. The van der Waals surface area contributed by atoms with Gasteiger partial charge in [0.2, 0.25) is 0 Å². The summed E-state index contributed by atoms with van der Waals surface area (Å²) in [5.41, 5.74) is 2.06. The predicted molar refractivity (Wildman–Crippen MR) is 72.9 cm³/mol. The van der Waals surface area contributed by atoms with Gasteiger partial charge in [0, 0.05) is 19.3 Å². The number of hydrogen-bond acceptors (Lipinski definition) is 2. The highest BCUT2D eigenvalue weighted by Gasteiger charge is 2.18. The Kier molecular flexibility index (Phi) is 5.73. The van der Waals surface area contributed by atoms with Gasteiger partial charge in [-0.3, -0.25) is 4.79 Å². The first-order valence-electron chi connectivity index (χ1n) is 6.33. The standard InChI is InChI=1S/C14H20F2N2O/c1-4-7-17-12-6-5-10(2)8-11(12)14(19)18(3)9-13(15)16/h5-6,8,13,17H,4,7,9H2,1-3H3. The number of halogens is 2. The van der Waals surface area contributed by atoms with E-state index in [1.165, 1.54) is 7.05 Å². The Morgan fingerprint density at radius 1 is 1.42 bits per heavy atom. The third-order valence-electron chi connectivity index (χ3n) is 2.73. The van der Waals surface area contributed by atoms with E-state index in [9.17, 15) is 13.6 Å². The van der Waals surface area contributed by atoms with Gasteiger partial charge in [0.15, 0.2) is 0 Å². The van der Waals surface area contributed by atoms with Gasteiger partial charge in [-0.25, -0.2) is 8.78 Å². The molecule has 0 atom stereocenters. The van der Waals surface area contributed by atoms with Crippen molar-refractivity contribution in [1.82, 2.24) is 4.90 Å². The Morgan fingerprint density at radius 2 is 2.11 bits per heavy atom. The number of aryl methyl sites for hydroxylation is 1. The van der Waals surface area contributed by atoms with E-state index in [1.807, 2.05) is 26.0 Å². The van der Waals surface area contributed by atoms with Crippen LogP contribution >= 0.6 is 0 Å². The van der Waals surface area contributed by atoms with Gasteiger partial charge in [0.25, 0.3) is 12.3 Å². The largest absolute Gasteiger partial charge is 0.384 e. The monoisotopic (exact) mass is 270 g/mol. The third kappa shape index (κ3) is 4.50. The van der Waals surface area contributed by atoms with Crippen molar-refractivity contribution in [2.24, 2.45) is 0 Å². The van der Waals surface area contributed by atoms with Crippen LogP contribution in [0.2, 0.25) is 0 Å². The summed E-state index contributed by atoms with van der Waals surface area (Å²) in [6.07, 6.45) is -1.60. The van der Waals surface area contributed by atoms with Gasteiger partial charge in [-0.05, 0) is 25.5 Å². The van der Waals surface area contributed by atoms with Crippen molar-refractivity contribution >= 4 is 11.6 Å². The van der Waals surface area contributed by atoms with Gasteiger partial charge >= 0.3 is 0 Å². The molecule has 0 bridgehead atoms. The highest BCUT2D eigenvalue weighted by Crippen LogP contribution is 2.19. The number of amides is 1. The molecule has 3 nitrogen and oxygen atoms in total. The molecule has 1 aromatic carbocycles. The molecular weight excluding hydrogens is 250 g/mol. The highest BCUT2D eigenvalue weighted by atomic mass is 19.3. The first-order chi connectivity index (χ1) is 8.95. The molecule has 0 aromatic heterocycles. The van der Waals surface area contributed by atoms with Crippen molar-refractivity contribution in [3.8, 4) is 0 Å². The summed E-state index contributed by atoms with van der Waals surface area (Å²) in [6.45, 7) is 4.07. The minimum Gasteiger partial charge on any atom is -0.384 e. The number of carbonyl (C=O) groups excluding carboxylic acids is 1. The maximum atomic E-state index is 12.3. The Hall–Kier alpha value is -1.65. The molecule has 1 N–H and O–H groups in total. The molecule has 5 heteroatoms. The lowest BCUT2D eigenvalue weighted by Crippen LogP contribution is -2.31. The Morgan fingerprint density at radius 3 is 2.68 bits per heavy atom. The second kappa shape index (κ2) is 7.07. The quantitative estimate of drug-likeness (QED) is 0.861. The van der Waals surface area contributed by atoms with Crippen LogP contribution in [0.25, 0.3) is 0 Å². The van der Waals surface area contributed by atoms with Crippen molar-refractivity contribution in [3.63, 3.8) is 0 Å². The van der Waals surface area contributed by atoms with Gasteiger partial charge in [0.1, 0.15) is 0 Å². The summed E-state index contributed by atoms with van der Waals surface area (Å²) < 4.78 is 24.7. The summed E-state index contributed by atoms with van der Waals surface area (Å²) in [7, 11) is 1.39. The number of alkyl halides is 2. The average Bonchev–Trinajstić information content (AvgIpc) is 2.35. The van der Waals surface area contributed by atoms with E-state index in [1.54, 1.807) is 6.07 Å². The first-order valence-corrected chi connectivity index (χ1v) is 6.33. The molecule has 0 saturated carbocycles. The van der Waals surface area contributed by atoms with Crippen molar-refractivity contribution in [2.45, 2.75) is 26.7 Å². The number of anilines is 1. The van der Waals surface area contributed by atoms with Crippen LogP contribution in [-0.4, -0.2) is 37.4 Å². The molecule has 0 saturated heterocycles. The minimum atomic E-state index is -2.52. The fourth-order valence-corrected chi connectivity index (χ4v) is 1.74. The zero-order valence-corrected chi connectivity index (χ0v) is 11.5. The van der Waals surface area contributed by atoms with Gasteiger partial charge in [-0.1, -0.05) is 18.6 Å². The average molecular weight is 270 g/mol. The zero-order chi connectivity index (χ0) is 14.4. The van der Waals surface area contributed by atoms with Crippen molar-refractivity contribution < 1.29 is 13.6 Å². The predicted octanol–water partition coefficient (Wildman–Crippen LogP) is 3.15. The van der Waals surface area contributed by atoms with Gasteiger partial charge in [-0.15, -0.1) is 0 Å². The molecule has 106 valence electrons. The number of nitrogens with one attached hydrogen (secondary N) is 1. The van der Waals surface area contributed by atoms with Crippen LogP contribution in [0, 0.1) is 6.92 Å². The number of nitrogens with zero attached hydrogens (tertiary/aromatic N) is 1. The zero-order valence-electron chi connectivity index (χ0n) is 11.5. The molecule has 0 unspecified atom stereocenters. The summed E-state index contributed by atoms with van der Waals surface area (Å²) >= 11 is 0. The van der Waals surface area contributed by atoms with E-state index in [2.05, 4.69) is 5.32 Å². The molecule has 0 aliphatic carbocycles. The fourth-order valence-electron chi connectivity index (χ4n) is 1.74. The lowest BCUT2D eigenvalue weighted by molar-refractivity contribution is 0.0621. The molecule has 0 aliphatic rings. The van der Waals surface area contributed by atoms with Crippen LogP contribution in [0.3, 0.4) is 0 Å². The van der Waals surface area contributed by atoms with Crippen LogP contribution in [0.15, 0.2) is 18.2 Å². The van der Waals surface area contributed by atoms with Gasteiger partial charge in [-0.2, -0.15) is 0 Å². The molecule has 0 heterocycles. The fraction of sp³-hybridized carbons (Fsp3) is 0.500. The molecule has 0 spiro atoms. The van der Waals surface area contributed by atoms with E-state index in [4.69, 9.17) is 0 Å². The summed E-state index contributed by atoms with van der Waals surface area (Å²) in [5, 5.41) is 3.14. The first kappa shape index (κ1) is 15.4. The van der Waals surface area contributed by atoms with Crippen LogP contribution < -0.4 is 5.32 Å². The molecule has 0 fully saturated rings. The van der Waals surface area contributed by atoms with Gasteiger partial charge < -0.3 is 10.2 Å². The summed E-state index contributed by atoms with van der Waals surface area (Å²) in [4.78, 5) is 13.2. The smallest absolute Gasteiger partial charge is 0.255 e. The van der Waals surface area contributed by atoms with E-state index < -0.39 is 13.0 Å². The number of benzene rings is 1. The lowest BCUT2D eigenvalue weighted by atomic mass is 10.1. The van der Waals surface area contributed by atoms with Crippen LogP contribution in [0.5, 0.6) is 0 Å². The molecular formula is C14H20F2N2O. The number of hydrogen-bond donors (Lipinski definition) is 1. The lowest BCUT2D eigenvalue weighted by Gasteiger charge is -2.19. The molecule has 1 amide bonds. The molecule has 1 aromatic rings. The Labute approximate surface area is 112 Å². The van der Waals surface area contributed by atoms with E-state index in [0.717, 1.165) is 23.4 Å². The minimum absolute atomic E-state index is 0.386. The summed E-state index contributed by atoms with van der Waals surface area (Å²) in [5.74, 6) is -0.386. The van der Waals surface area contributed by atoms with Crippen molar-refractivity contribution in [2.75, 3.05) is 25.5 Å².